The topological polar surface area (TPSA) is 60.9 Å². The number of hydrogen-bond acceptors (Lipinski definition) is 4. The van der Waals surface area contributed by atoms with E-state index in [9.17, 15) is 13.2 Å². The minimum absolute atomic E-state index is 0.0321. The lowest BCUT2D eigenvalue weighted by molar-refractivity contribution is 0.0767. The van der Waals surface area contributed by atoms with E-state index in [0.717, 1.165) is 25.8 Å². The standard InChI is InChI=1S/C22H34ClN3O3S/c1-24(19-9-5-3-6-10-19)15-16-25(2)22(27)18-11-12-20(23)21(17-18)30(28,29)26-13-7-4-8-14-26/h11-12,17,19H,3-10,13-16H2,1-2H3. The molecule has 2 aliphatic rings. The second kappa shape index (κ2) is 10.4. The van der Waals surface area contributed by atoms with Crippen LogP contribution in [0.25, 0.3) is 0 Å². The van der Waals surface area contributed by atoms with Gasteiger partial charge in [0, 0.05) is 44.8 Å². The Kier molecular flexibility index (Phi) is 8.18. The van der Waals surface area contributed by atoms with Crippen molar-refractivity contribution in [3.8, 4) is 0 Å². The van der Waals surface area contributed by atoms with Gasteiger partial charge in [-0.25, -0.2) is 8.42 Å². The smallest absolute Gasteiger partial charge is 0.253 e. The second-order valence-electron chi connectivity index (χ2n) is 8.61. The van der Waals surface area contributed by atoms with Crippen LogP contribution in [0.4, 0.5) is 0 Å². The molecule has 1 amide bonds. The molecular formula is C22H34ClN3O3S. The number of halogens is 1. The first kappa shape index (κ1) is 23.5. The van der Waals surface area contributed by atoms with Crippen molar-refractivity contribution in [1.29, 1.82) is 0 Å². The average Bonchev–Trinajstić information content (AvgIpc) is 2.78. The van der Waals surface area contributed by atoms with Gasteiger partial charge in [-0.2, -0.15) is 4.31 Å². The number of piperidine rings is 1. The molecule has 2 fully saturated rings. The van der Waals surface area contributed by atoms with E-state index in [1.807, 2.05) is 0 Å². The summed E-state index contributed by atoms with van der Waals surface area (Å²) in [7, 11) is 0.201. The van der Waals surface area contributed by atoms with E-state index in [1.165, 1.54) is 48.5 Å². The van der Waals surface area contributed by atoms with Gasteiger partial charge in [0.25, 0.3) is 5.91 Å². The van der Waals surface area contributed by atoms with Gasteiger partial charge < -0.3 is 9.80 Å². The number of sulfonamides is 1. The second-order valence-corrected chi connectivity index (χ2v) is 10.9. The number of nitrogens with zero attached hydrogens (tertiary/aromatic N) is 3. The number of hydrogen-bond donors (Lipinski definition) is 0. The molecule has 0 bridgehead atoms. The molecule has 1 aliphatic carbocycles. The van der Waals surface area contributed by atoms with Crippen molar-refractivity contribution in [2.45, 2.75) is 62.3 Å². The number of amides is 1. The van der Waals surface area contributed by atoms with Gasteiger partial charge in [-0.3, -0.25) is 4.79 Å². The number of rotatable bonds is 7. The lowest BCUT2D eigenvalue weighted by Crippen LogP contribution is -2.40. The molecule has 0 N–H and O–H groups in total. The Morgan fingerprint density at radius 2 is 1.67 bits per heavy atom. The van der Waals surface area contributed by atoms with E-state index in [-0.39, 0.29) is 15.8 Å². The highest BCUT2D eigenvalue weighted by Crippen LogP contribution is 2.28. The number of likely N-dealkylation sites (N-methyl/N-ethyl adjacent to an activating group) is 2. The predicted molar refractivity (Wildman–Crippen MR) is 121 cm³/mol. The van der Waals surface area contributed by atoms with Crippen molar-refractivity contribution in [3.05, 3.63) is 28.8 Å². The summed E-state index contributed by atoms with van der Waals surface area (Å²) in [6.45, 7) is 2.41. The quantitative estimate of drug-likeness (QED) is 0.626. The van der Waals surface area contributed by atoms with Crippen molar-refractivity contribution < 1.29 is 13.2 Å². The Hall–Kier alpha value is -1.15. The van der Waals surface area contributed by atoms with Crippen LogP contribution in [0.3, 0.4) is 0 Å². The highest BCUT2D eigenvalue weighted by molar-refractivity contribution is 7.89. The third-order valence-corrected chi connectivity index (χ3v) is 8.82. The summed E-state index contributed by atoms with van der Waals surface area (Å²) < 4.78 is 27.6. The Morgan fingerprint density at radius 3 is 2.33 bits per heavy atom. The highest BCUT2D eigenvalue weighted by atomic mass is 35.5. The largest absolute Gasteiger partial charge is 0.340 e. The SMILES string of the molecule is CN(CCN(C)C1CCCCC1)C(=O)c1ccc(Cl)c(S(=O)(=O)N2CCCCC2)c1. The molecule has 1 heterocycles. The van der Waals surface area contributed by atoms with Gasteiger partial charge in [0.1, 0.15) is 4.90 Å². The van der Waals surface area contributed by atoms with Crippen molar-refractivity contribution in [2.75, 3.05) is 40.3 Å². The van der Waals surface area contributed by atoms with Crippen molar-refractivity contribution >= 4 is 27.5 Å². The van der Waals surface area contributed by atoms with Crippen LogP contribution in [-0.2, 0) is 10.0 Å². The Balaban J connectivity index is 1.67. The number of carbonyl (C=O) groups excluding carboxylic acids is 1. The Labute approximate surface area is 186 Å². The molecule has 0 aromatic heterocycles. The Morgan fingerprint density at radius 1 is 1.03 bits per heavy atom. The number of carbonyl (C=O) groups is 1. The van der Waals surface area contributed by atoms with Crippen LogP contribution in [0.15, 0.2) is 23.1 Å². The molecule has 1 saturated carbocycles. The van der Waals surface area contributed by atoms with Crippen molar-refractivity contribution in [1.82, 2.24) is 14.1 Å². The van der Waals surface area contributed by atoms with E-state index < -0.39 is 10.0 Å². The fourth-order valence-electron chi connectivity index (χ4n) is 4.41. The lowest BCUT2D eigenvalue weighted by Gasteiger charge is -2.32. The minimum atomic E-state index is -3.69. The van der Waals surface area contributed by atoms with Crippen LogP contribution in [0, 0.1) is 0 Å². The van der Waals surface area contributed by atoms with Crippen LogP contribution in [0.1, 0.15) is 61.7 Å². The van der Waals surface area contributed by atoms with Crippen LogP contribution in [0.2, 0.25) is 5.02 Å². The summed E-state index contributed by atoms with van der Waals surface area (Å²) in [4.78, 5) is 17.0. The predicted octanol–water partition coefficient (Wildman–Crippen LogP) is 3.85. The summed E-state index contributed by atoms with van der Waals surface area (Å²) in [6, 6.07) is 5.17. The molecule has 8 heteroatoms. The lowest BCUT2D eigenvalue weighted by atomic mass is 9.94. The summed E-state index contributed by atoms with van der Waals surface area (Å²) in [5, 5.41) is 0.164. The molecule has 1 aliphatic heterocycles. The van der Waals surface area contributed by atoms with Crippen LogP contribution >= 0.6 is 11.6 Å². The fourth-order valence-corrected chi connectivity index (χ4v) is 6.43. The van der Waals surface area contributed by atoms with Crippen LogP contribution in [0.5, 0.6) is 0 Å². The first-order valence-electron chi connectivity index (χ1n) is 11.1. The zero-order chi connectivity index (χ0) is 21.7. The third-order valence-electron chi connectivity index (χ3n) is 6.44. The molecule has 0 spiro atoms. The van der Waals surface area contributed by atoms with Crippen molar-refractivity contribution in [3.63, 3.8) is 0 Å². The molecule has 0 unspecified atom stereocenters. The van der Waals surface area contributed by atoms with E-state index >= 15 is 0 Å². The summed E-state index contributed by atoms with van der Waals surface area (Å²) in [6.07, 6.45) is 9.08. The van der Waals surface area contributed by atoms with Crippen LogP contribution < -0.4 is 0 Å². The molecule has 0 radical (unpaired) electrons. The molecule has 1 aromatic carbocycles. The van der Waals surface area contributed by atoms with Gasteiger partial charge in [-0.05, 0) is 50.9 Å². The molecule has 6 nitrogen and oxygen atoms in total. The van der Waals surface area contributed by atoms with E-state index in [2.05, 4.69) is 11.9 Å². The van der Waals surface area contributed by atoms with E-state index in [1.54, 1.807) is 18.0 Å². The maximum atomic E-state index is 13.1. The van der Waals surface area contributed by atoms with E-state index in [4.69, 9.17) is 11.6 Å². The first-order chi connectivity index (χ1) is 14.3. The highest BCUT2D eigenvalue weighted by Gasteiger charge is 2.29. The maximum absolute atomic E-state index is 13.1. The zero-order valence-corrected chi connectivity index (χ0v) is 19.7. The monoisotopic (exact) mass is 455 g/mol. The molecule has 3 rings (SSSR count). The summed E-state index contributed by atoms with van der Waals surface area (Å²) in [5.74, 6) is -0.182. The zero-order valence-electron chi connectivity index (χ0n) is 18.1. The van der Waals surface area contributed by atoms with Crippen molar-refractivity contribution in [2.24, 2.45) is 0 Å². The molecule has 0 atom stereocenters. The maximum Gasteiger partial charge on any atom is 0.253 e. The number of benzene rings is 1. The Bertz CT molecular complexity index is 834. The molecule has 1 saturated heterocycles. The van der Waals surface area contributed by atoms with Gasteiger partial charge >= 0.3 is 0 Å². The molecule has 1 aromatic rings. The molecular weight excluding hydrogens is 422 g/mol. The molecule has 30 heavy (non-hydrogen) atoms. The average molecular weight is 456 g/mol. The van der Waals surface area contributed by atoms with Crippen LogP contribution in [-0.4, -0.2) is 74.7 Å². The van der Waals surface area contributed by atoms with E-state index in [0.29, 0.717) is 31.2 Å². The van der Waals surface area contributed by atoms with Gasteiger partial charge in [-0.15, -0.1) is 0 Å². The fraction of sp³-hybridized carbons (Fsp3) is 0.682. The van der Waals surface area contributed by atoms with Gasteiger partial charge in [-0.1, -0.05) is 37.3 Å². The minimum Gasteiger partial charge on any atom is -0.340 e. The third kappa shape index (κ3) is 5.55. The first-order valence-corrected chi connectivity index (χ1v) is 12.9. The normalized spacial score (nSPS) is 19.2. The van der Waals surface area contributed by atoms with Gasteiger partial charge in [0.05, 0.1) is 5.02 Å². The van der Waals surface area contributed by atoms with Gasteiger partial charge in [0.2, 0.25) is 10.0 Å². The summed E-state index contributed by atoms with van der Waals surface area (Å²) in [5.41, 5.74) is 0.359. The van der Waals surface area contributed by atoms with Gasteiger partial charge in [0.15, 0.2) is 0 Å². The summed E-state index contributed by atoms with van der Waals surface area (Å²) >= 11 is 6.24. The molecule has 168 valence electrons.